The van der Waals surface area contributed by atoms with Crippen LogP contribution in [-0.4, -0.2) is 36.4 Å². The second kappa shape index (κ2) is 8.18. The summed E-state index contributed by atoms with van der Waals surface area (Å²) in [6, 6.07) is 15.2. The third-order valence-corrected chi connectivity index (χ3v) is 5.12. The Labute approximate surface area is 166 Å². The van der Waals surface area contributed by atoms with Crippen LogP contribution < -0.4 is 5.32 Å². The fourth-order valence-corrected chi connectivity index (χ4v) is 3.65. The van der Waals surface area contributed by atoms with Crippen molar-refractivity contribution in [1.82, 2.24) is 24.7 Å². The second-order valence-electron chi connectivity index (χ2n) is 6.01. The van der Waals surface area contributed by atoms with Crippen LogP contribution in [0.25, 0.3) is 22.4 Å². The maximum Gasteiger partial charge on any atom is 0.234 e. The Kier molecular flexibility index (Phi) is 5.29. The molecule has 0 atom stereocenters. The van der Waals surface area contributed by atoms with Crippen molar-refractivity contribution in [2.24, 2.45) is 0 Å². The third kappa shape index (κ3) is 3.86. The number of carbonyl (C=O) groups is 1. The van der Waals surface area contributed by atoms with Crippen molar-refractivity contribution in [2.45, 2.75) is 18.6 Å². The number of anilines is 1. The van der Waals surface area contributed by atoms with E-state index in [0.29, 0.717) is 11.7 Å². The van der Waals surface area contributed by atoms with Crippen LogP contribution in [0.5, 0.6) is 0 Å². The molecule has 2 aromatic carbocycles. The number of para-hydroxylation sites is 1. The molecule has 0 saturated heterocycles. The highest BCUT2D eigenvalue weighted by Gasteiger charge is 2.15. The molecular formula is C20H18N6OS. The Morgan fingerprint density at radius 2 is 1.82 bits per heavy atom. The van der Waals surface area contributed by atoms with Gasteiger partial charge in [-0.25, -0.2) is 0 Å². The first-order valence-corrected chi connectivity index (χ1v) is 9.85. The van der Waals surface area contributed by atoms with Crippen LogP contribution >= 0.6 is 11.8 Å². The lowest BCUT2D eigenvalue weighted by Gasteiger charge is -2.08. The maximum absolute atomic E-state index is 12.2. The summed E-state index contributed by atoms with van der Waals surface area (Å²) < 4.78 is 2.00. The highest BCUT2D eigenvalue weighted by molar-refractivity contribution is 7.99. The maximum atomic E-state index is 12.2. The Morgan fingerprint density at radius 1 is 1.04 bits per heavy atom. The quantitative estimate of drug-likeness (QED) is 0.506. The minimum Gasteiger partial charge on any atom is -0.325 e. The Morgan fingerprint density at radius 3 is 2.61 bits per heavy atom. The smallest absolute Gasteiger partial charge is 0.234 e. The Bertz CT molecular complexity index is 1110. The van der Waals surface area contributed by atoms with E-state index >= 15 is 0 Å². The number of carbonyl (C=O) groups excluding carboxylic acids is 1. The zero-order chi connectivity index (χ0) is 19.3. The summed E-state index contributed by atoms with van der Waals surface area (Å²) >= 11 is 1.37. The van der Waals surface area contributed by atoms with Gasteiger partial charge in [-0.3, -0.25) is 14.8 Å². The Balaban J connectivity index is 1.51. The van der Waals surface area contributed by atoms with E-state index in [-0.39, 0.29) is 11.7 Å². The average Bonchev–Trinajstić information content (AvgIpc) is 3.15. The van der Waals surface area contributed by atoms with Crippen LogP contribution in [0.3, 0.4) is 0 Å². The van der Waals surface area contributed by atoms with Crippen molar-refractivity contribution >= 4 is 34.4 Å². The molecule has 0 radical (unpaired) electrons. The molecule has 4 rings (SSSR count). The van der Waals surface area contributed by atoms with Crippen molar-refractivity contribution in [3.8, 4) is 11.4 Å². The van der Waals surface area contributed by atoms with Crippen LogP contribution in [0.4, 0.5) is 5.69 Å². The molecule has 1 N–H and O–H groups in total. The molecule has 0 bridgehead atoms. The van der Waals surface area contributed by atoms with Gasteiger partial charge in [0.1, 0.15) is 0 Å². The molecule has 0 aliphatic rings. The predicted octanol–water partition coefficient (Wildman–Crippen LogP) is 3.64. The molecule has 140 valence electrons. The van der Waals surface area contributed by atoms with Crippen molar-refractivity contribution in [3.63, 3.8) is 0 Å². The van der Waals surface area contributed by atoms with Crippen molar-refractivity contribution in [1.29, 1.82) is 0 Å². The van der Waals surface area contributed by atoms with E-state index in [9.17, 15) is 4.79 Å². The molecule has 4 aromatic rings. The largest absolute Gasteiger partial charge is 0.325 e. The monoisotopic (exact) mass is 390 g/mol. The summed E-state index contributed by atoms with van der Waals surface area (Å²) in [7, 11) is 0. The van der Waals surface area contributed by atoms with Gasteiger partial charge in [-0.2, -0.15) is 0 Å². The standard InChI is InChI=1S/C20H18N6OS/c1-2-26-19(14-8-9-16-17(12-14)22-11-10-21-16)24-25-20(26)28-13-18(27)23-15-6-4-3-5-7-15/h3-12H,2,13H2,1H3,(H,23,27). The minimum atomic E-state index is -0.0793. The Hall–Kier alpha value is -3.26. The molecule has 0 unspecified atom stereocenters. The van der Waals surface area contributed by atoms with Crippen molar-refractivity contribution < 1.29 is 4.79 Å². The molecule has 0 saturated carbocycles. The number of nitrogens with zero attached hydrogens (tertiary/aromatic N) is 5. The van der Waals surface area contributed by atoms with Gasteiger partial charge in [0.05, 0.1) is 16.8 Å². The molecule has 1 amide bonds. The van der Waals surface area contributed by atoms with Crippen molar-refractivity contribution in [2.75, 3.05) is 11.1 Å². The fraction of sp³-hybridized carbons (Fsp3) is 0.150. The van der Waals surface area contributed by atoms with Gasteiger partial charge in [-0.05, 0) is 37.3 Å². The number of hydrogen-bond acceptors (Lipinski definition) is 6. The molecule has 0 aliphatic heterocycles. The van der Waals surface area contributed by atoms with Gasteiger partial charge in [-0.1, -0.05) is 30.0 Å². The lowest BCUT2D eigenvalue weighted by Crippen LogP contribution is -2.14. The van der Waals surface area contributed by atoms with E-state index < -0.39 is 0 Å². The van der Waals surface area contributed by atoms with Gasteiger partial charge < -0.3 is 9.88 Å². The van der Waals surface area contributed by atoms with Crippen LogP contribution in [0.2, 0.25) is 0 Å². The number of aromatic nitrogens is 5. The molecule has 0 fully saturated rings. The molecule has 28 heavy (non-hydrogen) atoms. The number of nitrogens with one attached hydrogen (secondary N) is 1. The lowest BCUT2D eigenvalue weighted by molar-refractivity contribution is -0.113. The number of fused-ring (bicyclic) bond motifs is 1. The molecule has 7 nitrogen and oxygen atoms in total. The zero-order valence-electron chi connectivity index (χ0n) is 15.2. The highest BCUT2D eigenvalue weighted by atomic mass is 32.2. The zero-order valence-corrected chi connectivity index (χ0v) is 16.1. The topological polar surface area (TPSA) is 85.6 Å². The molecule has 0 spiro atoms. The molecule has 2 aromatic heterocycles. The van der Waals surface area contributed by atoms with Crippen LogP contribution in [0.15, 0.2) is 66.1 Å². The minimum absolute atomic E-state index is 0.0793. The molecule has 8 heteroatoms. The van der Waals surface area contributed by atoms with E-state index in [1.807, 2.05) is 60.0 Å². The highest BCUT2D eigenvalue weighted by Crippen LogP contribution is 2.25. The van der Waals surface area contributed by atoms with Gasteiger partial charge >= 0.3 is 0 Å². The van der Waals surface area contributed by atoms with Gasteiger partial charge in [0.2, 0.25) is 5.91 Å². The summed E-state index contributed by atoms with van der Waals surface area (Å²) in [5.74, 6) is 0.932. The van der Waals surface area contributed by atoms with Gasteiger partial charge in [0, 0.05) is 30.2 Å². The number of hydrogen-bond donors (Lipinski definition) is 1. The second-order valence-corrected chi connectivity index (χ2v) is 6.96. The fourth-order valence-electron chi connectivity index (χ4n) is 2.85. The number of amides is 1. The van der Waals surface area contributed by atoms with Gasteiger partial charge in [-0.15, -0.1) is 10.2 Å². The lowest BCUT2D eigenvalue weighted by atomic mass is 10.2. The summed E-state index contributed by atoms with van der Waals surface area (Å²) in [6.45, 7) is 2.73. The SMILES string of the molecule is CCn1c(SCC(=O)Nc2ccccc2)nnc1-c1ccc2nccnc2c1. The summed E-state index contributed by atoms with van der Waals surface area (Å²) in [5, 5.41) is 12.2. The van der Waals surface area contributed by atoms with Gasteiger partial charge in [0.25, 0.3) is 0 Å². The predicted molar refractivity (Wildman–Crippen MR) is 110 cm³/mol. The first kappa shape index (κ1) is 18.1. The van der Waals surface area contributed by atoms with E-state index in [2.05, 4.69) is 25.5 Å². The van der Waals surface area contributed by atoms with E-state index in [1.165, 1.54) is 11.8 Å². The van der Waals surface area contributed by atoms with Crippen molar-refractivity contribution in [3.05, 3.63) is 60.9 Å². The van der Waals surface area contributed by atoms with Gasteiger partial charge in [0.15, 0.2) is 11.0 Å². The summed E-state index contributed by atoms with van der Waals surface area (Å²) in [6.07, 6.45) is 3.34. The van der Waals surface area contributed by atoms with Crippen LogP contribution in [0, 0.1) is 0 Å². The molecule has 2 heterocycles. The van der Waals surface area contributed by atoms with E-state index in [4.69, 9.17) is 0 Å². The van der Waals surface area contributed by atoms with E-state index in [0.717, 1.165) is 28.1 Å². The van der Waals surface area contributed by atoms with Crippen LogP contribution in [0.1, 0.15) is 6.92 Å². The first-order valence-electron chi connectivity index (χ1n) is 8.86. The first-order chi connectivity index (χ1) is 13.7. The molecular weight excluding hydrogens is 372 g/mol. The summed E-state index contributed by atoms with van der Waals surface area (Å²) in [4.78, 5) is 20.8. The van der Waals surface area contributed by atoms with Crippen LogP contribution in [-0.2, 0) is 11.3 Å². The number of rotatable bonds is 6. The number of benzene rings is 2. The molecule has 0 aliphatic carbocycles. The van der Waals surface area contributed by atoms with E-state index in [1.54, 1.807) is 12.4 Å². The normalized spacial score (nSPS) is 10.9. The summed E-state index contributed by atoms with van der Waals surface area (Å²) in [5.41, 5.74) is 3.34. The third-order valence-electron chi connectivity index (χ3n) is 4.15. The average molecular weight is 390 g/mol. The number of thioether (sulfide) groups is 1.